The van der Waals surface area contributed by atoms with Crippen molar-refractivity contribution < 1.29 is 17.9 Å². The number of carbonyl (C=O) groups is 1. The summed E-state index contributed by atoms with van der Waals surface area (Å²) in [4.78, 5) is 11.5. The van der Waals surface area contributed by atoms with Crippen molar-refractivity contribution in [2.24, 2.45) is 0 Å². The molecule has 1 rings (SSSR count). The third-order valence-electron chi connectivity index (χ3n) is 2.93. The summed E-state index contributed by atoms with van der Waals surface area (Å²) >= 11 is 0. The second-order valence-corrected chi connectivity index (χ2v) is 6.25. The number of nitrogens with one attached hydrogen (secondary N) is 1. The van der Waals surface area contributed by atoms with Gasteiger partial charge in [0.25, 0.3) is 0 Å². The number of rotatable bonds is 6. The second kappa shape index (κ2) is 7.20. The molecule has 1 unspecified atom stereocenters. The quantitative estimate of drug-likeness (QED) is 0.807. The van der Waals surface area contributed by atoms with Crippen LogP contribution in [0.5, 0.6) is 0 Å². The van der Waals surface area contributed by atoms with E-state index in [-0.39, 0.29) is 10.5 Å². The molecule has 0 aliphatic heterocycles. The van der Waals surface area contributed by atoms with Gasteiger partial charge in [-0.15, -0.1) is 0 Å². The Bertz CT molecular complexity index is 662. The number of sulfonamides is 1. The molecule has 0 radical (unpaired) electrons. The summed E-state index contributed by atoms with van der Waals surface area (Å²) < 4.78 is 31.6. The number of hydrogen-bond donors (Lipinski definition) is 1. The number of ether oxygens (including phenoxy) is 1. The molecule has 0 aliphatic carbocycles. The van der Waals surface area contributed by atoms with Crippen LogP contribution < -0.4 is 4.72 Å². The summed E-state index contributed by atoms with van der Waals surface area (Å²) in [6.07, 6.45) is 1.10. The molecule has 0 fully saturated rings. The van der Waals surface area contributed by atoms with Crippen LogP contribution in [0.1, 0.15) is 35.7 Å². The zero-order chi connectivity index (χ0) is 16.0. The number of methoxy groups -OCH3 is 1. The molecule has 0 heterocycles. The van der Waals surface area contributed by atoms with Gasteiger partial charge >= 0.3 is 5.97 Å². The first-order valence-corrected chi connectivity index (χ1v) is 7.95. The van der Waals surface area contributed by atoms with Gasteiger partial charge in [0.2, 0.25) is 10.0 Å². The Labute approximate surface area is 124 Å². The minimum Gasteiger partial charge on any atom is -0.465 e. The molecule has 0 saturated carbocycles. The van der Waals surface area contributed by atoms with E-state index >= 15 is 0 Å². The van der Waals surface area contributed by atoms with E-state index in [1.54, 1.807) is 6.92 Å². The van der Waals surface area contributed by atoms with Crippen LogP contribution in [0.4, 0.5) is 0 Å². The van der Waals surface area contributed by atoms with Gasteiger partial charge in [-0.05, 0) is 31.0 Å². The summed E-state index contributed by atoms with van der Waals surface area (Å²) in [5.41, 5.74) is 0.635. The number of nitrogens with zero attached hydrogens (tertiary/aromatic N) is 1. The predicted octanol–water partition coefficient (Wildman–Crippen LogP) is 1.75. The molecule has 0 aliphatic rings. The first-order valence-electron chi connectivity index (χ1n) is 6.46. The van der Waals surface area contributed by atoms with E-state index in [4.69, 9.17) is 5.26 Å². The van der Waals surface area contributed by atoms with E-state index in [2.05, 4.69) is 9.46 Å². The van der Waals surface area contributed by atoms with Gasteiger partial charge in [-0.3, -0.25) is 0 Å². The number of nitriles is 1. The van der Waals surface area contributed by atoms with Crippen molar-refractivity contribution in [1.82, 2.24) is 4.72 Å². The highest BCUT2D eigenvalue weighted by Gasteiger charge is 2.22. The van der Waals surface area contributed by atoms with Crippen LogP contribution in [0, 0.1) is 18.3 Å². The Kier molecular flexibility index (Phi) is 5.88. The van der Waals surface area contributed by atoms with Gasteiger partial charge in [0.05, 0.1) is 23.6 Å². The first kappa shape index (κ1) is 17.1. The maximum Gasteiger partial charge on any atom is 0.337 e. The maximum atomic E-state index is 12.3. The topological polar surface area (TPSA) is 96.3 Å². The van der Waals surface area contributed by atoms with Gasteiger partial charge in [0.15, 0.2) is 0 Å². The lowest BCUT2D eigenvalue weighted by atomic mass is 10.1. The lowest BCUT2D eigenvalue weighted by molar-refractivity contribution is 0.0600. The monoisotopic (exact) mass is 310 g/mol. The lowest BCUT2D eigenvalue weighted by Crippen LogP contribution is -2.34. The Balaban J connectivity index is 3.19. The molecule has 6 nitrogen and oxygen atoms in total. The van der Waals surface area contributed by atoms with Crippen molar-refractivity contribution in [3.63, 3.8) is 0 Å². The third kappa shape index (κ3) is 4.28. The summed E-state index contributed by atoms with van der Waals surface area (Å²) in [5.74, 6) is -0.614. The molecule has 114 valence electrons. The highest BCUT2D eigenvalue weighted by Crippen LogP contribution is 2.18. The third-order valence-corrected chi connectivity index (χ3v) is 4.54. The maximum absolute atomic E-state index is 12.3. The minimum absolute atomic E-state index is 0.0262. The van der Waals surface area contributed by atoms with Gasteiger partial charge in [0.1, 0.15) is 6.04 Å². The van der Waals surface area contributed by atoms with E-state index in [0.717, 1.165) is 0 Å². The van der Waals surface area contributed by atoms with E-state index < -0.39 is 22.0 Å². The van der Waals surface area contributed by atoms with Crippen LogP contribution in [-0.4, -0.2) is 27.5 Å². The SMILES string of the molecule is CCCC(C#N)NS(=O)(=O)c1cc(C(=O)OC)ccc1C. The lowest BCUT2D eigenvalue weighted by Gasteiger charge is -2.13. The number of aryl methyl sites for hydroxylation is 1. The van der Waals surface area contributed by atoms with E-state index in [1.807, 2.05) is 13.0 Å². The van der Waals surface area contributed by atoms with Gasteiger partial charge in [-0.25, -0.2) is 13.2 Å². The number of benzene rings is 1. The first-order chi connectivity index (χ1) is 9.85. The van der Waals surface area contributed by atoms with Crippen LogP contribution in [0.2, 0.25) is 0 Å². The van der Waals surface area contributed by atoms with Crippen molar-refractivity contribution in [3.8, 4) is 6.07 Å². The van der Waals surface area contributed by atoms with Gasteiger partial charge < -0.3 is 4.74 Å². The summed E-state index contributed by atoms with van der Waals surface area (Å²) in [7, 11) is -2.65. The largest absolute Gasteiger partial charge is 0.465 e. The van der Waals surface area contributed by atoms with Crippen molar-refractivity contribution in [3.05, 3.63) is 29.3 Å². The average Bonchev–Trinajstić information content (AvgIpc) is 2.46. The smallest absolute Gasteiger partial charge is 0.337 e. The fraction of sp³-hybridized carbons (Fsp3) is 0.429. The molecule has 1 aromatic carbocycles. The van der Waals surface area contributed by atoms with Gasteiger partial charge in [-0.2, -0.15) is 9.98 Å². The molecule has 1 N–H and O–H groups in total. The number of carbonyl (C=O) groups excluding carboxylic acids is 1. The zero-order valence-corrected chi connectivity index (χ0v) is 13.0. The molecular formula is C14H18N2O4S. The Morgan fingerprint density at radius 2 is 2.14 bits per heavy atom. The van der Waals surface area contributed by atoms with Crippen LogP contribution in [-0.2, 0) is 14.8 Å². The number of hydrogen-bond acceptors (Lipinski definition) is 5. The molecule has 0 bridgehead atoms. The standard InChI is InChI=1S/C14H18N2O4S/c1-4-5-12(9-15)16-21(18,19)13-8-11(14(17)20-3)7-6-10(13)2/h6-8,12,16H,4-5H2,1-3H3. The molecule has 21 heavy (non-hydrogen) atoms. The van der Waals surface area contributed by atoms with Crippen LogP contribution >= 0.6 is 0 Å². The fourth-order valence-corrected chi connectivity index (χ4v) is 3.27. The Morgan fingerprint density at radius 3 is 2.67 bits per heavy atom. The van der Waals surface area contributed by atoms with E-state index in [9.17, 15) is 13.2 Å². The number of esters is 1. The predicted molar refractivity (Wildman–Crippen MR) is 77.1 cm³/mol. The molecule has 0 aromatic heterocycles. The van der Waals surface area contributed by atoms with Gasteiger partial charge in [-0.1, -0.05) is 19.4 Å². The van der Waals surface area contributed by atoms with E-state index in [0.29, 0.717) is 18.4 Å². The molecule has 1 aromatic rings. The Hall–Kier alpha value is -1.91. The van der Waals surface area contributed by atoms with Crippen molar-refractivity contribution in [2.75, 3.05) is 7.11 Å². The molecule has 1 atom stereocenters. The highest BCUT2D eigenvalue weighted by atomic mass is 32.2. The molecular weight excluding hydrogens is 292 g/mol. The van der Waals surface area contributed by atoms with Crippen molar-refractivity contribution in [2.45, 2.75) is 37.6 Å². The average molecular weight is 310 g/mol. The van der Waals surface area contributed by atoms with E-state index in [1.165, 1.54) is 25.3 Å². The molecule has 0 spiro atoms. The Morgan fingerprint density at radius 1 is 1.48 bits per heavy atom. The van der Waals surface area contributed by atoms with Crippen LogP contribution in [0.3, 0.4) is 0 Å². The molecule has 7 heteroatoms. The summed E-state index contributed by atoms with van der Waals surface area (Å²) in [6.45, 7) is 3.48. The van der Waals surface area contributed by atoms with Crippen LogP contribution in [0.15, 0.2) is 23.1 Å². The normalized spacial score (nSPS) is 12.5. The second-order valence-electron chi connectivity index (χ2n) is 4.56. The minimum atomic E-state index is -3.87. The van der Waals surface area contributed by atoms with Crippen LogP contribution in [0.25, 0.3) is 0 Å². The van der Waals surface area contributed by atoms with Crippen molar-refractivity contribution in [1.29, 1.82) is 5.26 Å². The molecule has 0 saturated heterocycles. The summed E-state index contributed by atoms with van der Waals surface area (Å²) in [5, 5.41) is 8.97. The van der Waals surface area contributed by atoms with Crippen molar-refractivity contribution >= 4 is 16.0 Å². The zero-order valence-electron chi connectivity index (χ0n) is 12.2. The van der Waals surface area contributed by atoms with Gasteiger partial charge in [0, 0.05) is 0 Å². The molecule has 0 amide bonds. The summed E-state index contributed by atoms with van der Waals surface area (Å²) in [6, 6.07) is 5.40. The fourth-order valence-electron chi connectivity index (χ4n) is 1.82. The highest BCUT2D eigenvalue weighted by molar-refractivity contribution is 7.89.